The maximum atomic E-state index is 12.2. The molecule has 1 aromatic carbocycles. The smallest absolute Gasteiger partial charge is 0.328 e. The van der Waals surface area contributed by atoms with Crippen molar-refractivity contribution in [1.29, 1.82) is 0 Å². The van der Waals surface area contributed by atoms with Gasteiger partial charge >= 0.3 is 5.69 Å². The Hall–Kier alpha value is -2.50. The lowest BCUT2D eigenvalue weighted by Gasteiger charge is -2.17. The van der Waals surface area contributed by atoms with Gasteiger partial charge in [-0.25, -0.2) is 4.79 Å². The van der Waals surface area contributed by atoms with Crippen LogP contribution in [0, 0.1) is 0 Å². The molecule has 2 aromatic rings. The van der Waals surface area contributed by atoms with E-state index in [0.29, 0.717) is 12.2 Å². The molecule has 6 heteroatoms. The molecule has 1 aromatic heterocycles. The average molecular weight is 274 g/mol. The molecule has 0 spiro atoms. The SMILES string of the molecule is CCn1ccn(CC(=O)N(C)c2ccc(N)cc2)c1=O. The van der Waals surface area contributed by atoms with E-state index < -0.39 is 0 Å². The van der Waals surface area contributed by atoms with Crippen molar-refractivity contribution in [2.45, 2.75) is 20.0 Å². The number of carbonyl (C=O) groups is 1. The van der Waals surface area contributed by atoms with Gasteiger partial charge in [0.1, 0.15) is 6.54 Å². The van der Waals surface area contributed by atoms with E-state index in [1.54, 1.807) is 48.3 Å². The van der Waals surface area contributed by atoms with Gasteiger partial charge in [-0.1, -0.05) is 0 Å². The molecule has 0 unspecified atom stereocenters. The molecule has 0 saturated heterocycles. The molecule has 1 heterocycles. The number of aryl methyl sites for hydroxylation is 1. The number of nitrogen functional groups attached to an aromatic ring is 1. The first-order chi connectivity index (χ1) is 9.52. The number of hydrogen-bond acceptors (Lipinski definition) is 3. The van der Waals surface area contributed by atoms with E-state index in [1.165, 1.54) is 9.47 Å². The molecule has 0 bridgehead atoms. The molecular formula is C14H18N4O2. The predicted octanol–water partition coefficient (Wildman–Crippen LogP) is 0.915. The quantitative estimate of drug-likeness (QED) is 0.842. The zero-order chi connectivity index (χ0) is 14.7. The van der Waals surface area contributed by atoms with E-state index in [-0.39, 0.29) is 18.1 Å². The van der Waals surface area contributed by atoms with Crippen LogP contribution in [0.2, 0.25) is 0 Å². The molecule has 0 aliphatic rings. The lowest BCUT2D eigenvalue weighted by atomic mass is 10.2. The molecule has 6 nitrogen and oxygen atoms in total. The molecule has 0 aliphatic heterocycles. The van der Waals surface area contributed by atoms with Crippen molar-refractivity contribution in [2.24, 2.45) is 0 Å². The van der Waals surface area contributed by atoms with Gasteiger partial charge in [0.05, 0.1) is 0 Å². The van der Waals surface area contributed by atoms with E-state index in [4.69, 9.17) is 5.73 Å². The number of rotatable bonds is 4. The molecular weight excluding hydrogens is 256 g/mol. The topological polar surface area (TPSA) is 73.3 Å². The number of likely N-dealkylation sites (N-methyl/N-ethyl adjacent to an activating group) is 1. The van der Waals surface area contributed by atoms with Gasteiger partial charge in [-0.3, -0.25) is 13.9 Å². The van der Waals surface area contributed by atoms with Crippen LogP contribution in [0.5, 0.6) is 0 Å². The van der Waals surface area contributed by atoms with Crippen LogP contribution in [0.25, 0.3) is 0 Å². The van der Waals surface area contributed by atoms with Gasteiger partial charge in [0.2, 0.25) is 5.91 Å². The summed E-state index contributed by atoms with van der Waals surface area (Å²) in [5.41, 5.74) is 6.83. The Balaban J connectivity index is 2.13. The van der Waals surface area contributed by atoms with Crippen LogP contribution in [-0.4, -0.2) is 22.1 Å². The number of nitrogens with zero attached hydrogens (tertiary/aromatic N) is 3. The van der Waals surface area contributed by atoms with E-state index in [1.807, 2.05) is 6.92 Å². The van der Waals surface area contributed by atoms with E-state index in [2.05, 4.69) is 0 Å². The van der Waals surface area contributed by atoms with E-state index in [0.717, 1.165) is 5.69 Å². The number of amides is 1. The Kier molecular flexibility index (Phi) is 3.93. The minimum atomic E-state index is -0.174. The molecule has 2 N–H and O–H groups in total. The van der Waals surface area contributed by atoms with Crippen molar-refractivity contribution in [1.82, 2.24) is 9.13 Å². The fourth-order valence-corrected chi connectivity index (χ4v) is 1.91. The summed E-state index contributed by atoms with van der Waals surface area (Å²) < 4.78 is 2.95. The Morgan fingerprint density at radius 3 is 2.35 bits per heavy atom. The summed E-state index contributed by atoms with van der Waals surface area (Å²) in [6.45, 7) is 2.49. The maximum absolute atomic E-state index is 12.2. The first kappa shape index (κ1) is 13.9. The van der Waals surface area contributed by atoms with Gasteiger partial charge in [0.15, 0.2) is 0 Å². The second kappa shape index (κ2) is 5.64. The maximum Gasteiger partial charge on any atom is 0.328 e. The molecule has 2 rings (SSSR count). The van der Waals surface area contributed by atoms with Gasteiger partial charge in [-0.15, -0.1) is 0 Å². The summed E-state index contributed by atoms with van der Waals surface area (Å²) in [5.74, 6) is -0.161. The minimum absolute atomic E-state index is 0.0205. The van der Waals surface area contributed by atoms with Gasteiger partial charge in [-0.05, 0) is 31.2 Å². The zero-order valence-electron chi connectivity index (χ0n) is 11.6. The Morgan fingerprint density at radius 1 is 1.20 bits per heavy atom. The molecule has 0 atom stereocenters. The largest absolute Gasteiger partial charge is 0.399 e. The Bertz CT molecular complexity index is 655. The van der Waals surface area contributed by atoms with E-state index >= 15 is 0 Å². The van der Waals surface area contributed by atoms with Crippen molar-refractivity contribution in [3.05, 3.63) is 47.1 Å². The van der Waals surface area contributed by atoms with Crippen LogP contribution in [0.4, 0.5) is 11.4 Å². The highest BCUT2D eigenvalue weighted by Gasteiger charge is 2.13. The van der Waals surface area contributed by atoms with Crippen LogP contribution >= 0.6 is 0 Å². The monoisotopic (exact) mass is 274 g/mol. The Morgan fingerprint density at radius 2 is 1.80 bits per heavy atom. The number of imidazole rings is 1. The minimum Gasteiger partial charge on any atom is -0.399 e. The summed E-state index contributed by atoms with van der Waals surface area (Å²) in [6, 6.07) is 7.01. The van der Waals surface area contributed by atoms with Crippen molar-refractivity contribution < 1.29 is 4.79 Å². The highest BCUT2D eigenvalue weighted by Crippen LogP contribution is 2.15. The molecule has 0 fully saturated rings. The molecule has 1 amide bonds. The van der Waals surface area contributed by atoms with Crippen molar-refractivity contribution in [3.63, 3.8) is 0 Å². The lowest BCUT2D eigenvalue weighted by molar-refractivity contribution is -0.118. The third kappa shape index (κ3) is 2.74. The number of anilines is 2. The van der Waals surface area contributed by atoms with Crippen molar-refractivity contribution in [3.8, 4) is 0 Å². The third-order valence-electron chi connectivity index (χ3n) is 3.22. The van der Waals surface area contributed by atoms with Crippen LogP contribution in [0.3, 0.4) is 0 Å². The molecule has 20 heavy (non-hydrogen) atoms. The second-order valence-corrected chi connectivity index (χ2v) is 4.54. The number of aromatic nitrogens is 2. The fourth-order valence-electron chi connectivity index (χ4n) is 1.91. The first-order valence-corrected chi connectivity index (χ1v) is 6.40. The number of benzene rings is 1. The number of hydrogen-bond donors (Lipinski definition) is 1. The summed E-state index contributed by atoms with van der Waals surface area (Å²) in [6.07, 6.45) is 3.30. The van der Waals surface area contributed by atoms with Gasteiger partial charge < -0.3 is 10.6 Å². The van der Waals surface area contributed by atoms with Crippen molar-refractivity contribution >= 4 is 17.3 Å². The fraction of sp³-hybridized carbons (Fsp3) is 0.286. The zero-order valence-corrected chi connectivity index (χ0v) is 11.6. The average Bonchev–Trinajstić information content (AvgIpc) is 2.79. The number of nitrogens with two attached hydrogens (primary N) is 1. The molecule has 0 aliphatic carbocycles. The number of carbonyl (C=O) groups excluding carboxylic acids is 1. The lowest BCUT2D eigenvalue weighted by Crippen LogP contribution is -2.34. The summed E-state index contributed by atoms with van der Waals surface area (Å²) in [7, 11) is 1.68. The van der Waals surface area contributed by atoms with Crippen LogP contribution in [0.1, 0.15) is 6.92 Å². The van der Waals surface area contributed by atoms with Gasteiger partial charge in [0, 0.05) is 37.4 Å². The predicted molar refractivity (Wildman–Crippen MR) is 78.6 cm³/mol. The van der Waals surface area contributed by atoms with Crippen LogP contribution in [-0.2, 0) is 17.9 Å². The van der Waals surface area contributed by atoms with Crippen molar-refractivity contribution in [2.75, 3.05) is 17.7 Å². The standard InChI is InChI=1S/C14H18N4O2/c1-3-17-8-9-18(14(17)20)10-13(19)16(2)12-6-4-11(15)5-7-12/h4-9H,3,10,15H2,1-2H3. The highest BCUT2D eigenvalue weighted by molar-refractivity contribution is 5.92. The summed E-state index contributed by atoms with van der Waals surface area (Å²) in [5, 5.41) is 0. The molecule has 106 valence electrons. The Labute approximate surface area is 117 Å². The van der Waals surface area contributed by atoms with E-state index in [9.17, 15) is 9.59 Å². The van der Waals surface area contributed by atoms with Gasteiger partial charge in [-0.2, -0.15) is 0 Å². The van der Waals surface area contributed by atoms with Gasteiger partial charge in [0.25, 0.3) is 0 Å². The third-order valence-corrected chi connectivity index (χ3v) is 3.22. The van der Waals surface area contributed by atoms with Crippen LogP contribution in [0.15, 0.2) is 41.5 Å². The second-order valence-electron chi connectivity index (χ2n) is 4.54. The summed E-state index contributed by atoms with van der Waals surface area (Å²) >= 11 is 0. The molecule has 0 radical (unpaired) electrons. The normalized spacial score (nSPS) is 10.5. The first-order valence-electron chi connectivity index (χ1n) is 6.40. The molecule has 0 saturated carbocycles. The highest BCUT2D eigenvalue weighted by atomic mass is 16.2. The van der Waals surface area contributed by atoms with Crippen LogP contribution < -0.4 is 16.3 Å². The summed E-state index contributed by atoms with van der Waals surface area (Å²) in [4.78, 5) is 25.6.